The van der Waals surface area contributed by atoms with E-state index < -0.39 is 12.1 Å². The molecule has 120 valence electrons. The molecule has 0 spiro atoms. The minimum Gasteiger partial charge on any atom is -0.340 e. The predicted molar refractivity (Wildman–Crippen MR) is 69.4 cm³/mol. The summed E-state index contributed by atoms with van der Waals surface area (Å²) in [7, 11) is 1.99. The van der Waals surface area contributed by atoms with Crippen molar-refractivity contribution in [1.82, 2.24) is 14.7 Å². The first-order valence-corrected chi connectivity index (χ1v) is 7.12. The van der Waals surface area contributed by atoms with Crippen LogP contribution in [0.4, 0.5) is 13.2 Å². The van der Waals surface area contributed by atoms with E-state index in [1.807, 2.05) is 7.05 Å². The first kappa shape index (κ1) is 16.1. The number of amides is 2. The summed E-state index contributed by atoms with van der Waals surface area (Å²) in [6.07, 6.45) is -4.20. The number of alkyl halides is 3. The van der Waals surface area contributed by atoms with Crippen molar-refractivity contribution in [3.8, 4) is 0 Å². The summed E-state index contributed by atoms with van der Waals surface area (Å²) in [5.41, 5.74) is 0. The van der Waals surface area contributed by atoms with Gasteiger partial charge in [-0.25, -0.2) is 0 Å². The number of nitrogens with zero attached hydrogens (tertiary/aromatic N) is 3. The molecule has 0 aromatic heterocycles. The molecule has 2 amide bonds. The number of hydrogen-bond donors (Lipinski definition) is 0. The third-order valence-corrected chi connectivity index (χ3v) is 4.19. The van der Waals surface area contributed by atoms with Crippen molar-refractivity contribution in [2.45, 2.75) is 19.0 Å². The predicted octanol–water partition coefficient (Wildman–Crippen LogP) is 0.561. The molecule has 0 unspecified atom stereocenters. The fraction of sp³-hybridized carbons (Fsp3) is 0.846. The monoisotopic (exact) mass is 307 g/mol. The minimum absolute atomic E-state index is 0.00247. The standard InChI is InChI=1S/C13H20F3N3O2/c1-17-6-8-18(9-7-17)11(20)10-2-4-19(5-3-10)12(21)13(14,15)16/h10H,2-9H2,1H3. The number of likely N-dealkylation sites (tertiary alicyclic amines) is 1. The second-order valence-corrected chi connectivity index (χ2v) is 5.69. The van der Waals surface area contributed by atoms with E-state index in [0.717, 1.165) is 18.0 Å². The normalized spacial score (nSPS) is 22.5. The molecule has 2 fully saturated rings. The van der Waals surface area contributed by atoms with Crippen LogP contribution < -0.4 is 0 Å². The summed E-state index contributed by atoms with van der Waals surface area (Å²) < 4.78 is 37.0. The Kier molecular flexibility index (Phi) is 4.75. The second kappa shape index (κ2) is 6.21. The Labute approximate surface area is 121 Å². The van der Waals surface area contributed by atoms with Gasteiger partial charge in [0.25, 0.3) is 0 Å². The van der Waals surface area contributed by atoms with Gasteiger partial charge in [0, 0.05) is 45.2 Å². The van der Waals surface area contributed by atoms with Crippen LogP contribution in [0.1, 0.15) is 12.8 Å². The van der Waals surface area contributed by atoms with Gasteiger partial charge in [0.05, 0.1) is 0 Å². The number of likely N-dealkylation sites (N-methyl/N-ethyl adjacent to an activating group) is 1. The fourth-order valence-corrected chi connectivity index (χ4v) is 2.79. The van der Waals surface area contributed by atoms with E-state index >= 15 is 0 Å². The van der Waals surface area contributed by atoms with Gasteiger partial charge in [0.2, 0.25) is 5.91 Å². The summed E-state index contributed by atoms with van der Waals surface area (Å²) in [5, 5.41) is 0. The van der Waals surface area contributed by atoms with E-state index in [-0.39, 0.29) is 24.9 Å². The molecule has 0 radical (unpaired) electrons. The maximum absolute atomic E-state index is 12.3. The van der Waals surface area contributed by atoms with Crippen molar-refractivity contribution in [1.29, 1.82) is 0 Å². The van der Waals surface area contributed by atoms with Gasteiger partial charge in [0.1, 0.15) is 0 Å². The molecule has 2 saturated heterocycles. The molecular weight excluding hydrogens is 287 g/mol. The molecule has 0 N–H and O–H groups in total. The average molecular weight is 307 g/mol. The van der Waals surface area contributed by atoms with Crippen molar-refractivity contribution in [2.75, 3.05) is 46.3 Å². The van der Waals surface area contributed by atoms with Crippen molar-refractivity contribution >= 4 is 11.8 Å². The maximum atomic E-state index is 12.3. The van der Waals surface area contributed by atoms with Crippen molar-refractivity contribution < 1.29 is 22.8 Å². The van der Waals surface area contributed by atoms with E-state index in [4.69, 9.17) is 0 Å². The van der Waals surface area contributed by atoms with Crippen molar-refractivity contribution in [3.05, 3.63) is 0 Å². The summed E-state index contributed by atoms with van der Waals surface area (Å²) in [6, 6.07) is 0. The highest BCUT2D eigenvalue weighted by molar-refractivity contribution is 5.83. The first-order valence-electron chi connectivity index (χ1n) is 7.12. The third kappa shape index (κ3) is 3.87. The maximum Gasteiger partial charge on any atom is 0.471 e. The highest BCUT2D eigenvalue weighted by atomic mass is 19.4. The molecule has 0 aliphatic carbocycles. The van der Waals surface area contributed by atoms with Crippen LogP contribution in [0.25, 0.3) is 0 Å². The number of piperazine rings is 1. The molecular formula is C13H20F3N3O2. The lowest BCUT2D eigenvalue weighted by atomic mass is 9.95. The Balaban J connectivity index is 1.83. The lowest BCUT2D eigenvalue weighted by molar-refractivity contribution is -0.187. The highest BCUT2D eigenvalue weighted by Crippen LogP contribution is 2.25. The Morgan fingerprint density at radius 2 is 1.43 bits per heavy atom. The molecule has 5 nitrogen and oxygen atoms in total. The molecule has 0 saturated carbocycles. The van der Waals surface area contributed by atoms with Crippen LogP contribution in [0.3, 0.4) is 0 Å². The Hall–Kier alpha value is -1.31. The molecule has 2 aliphatic heterocycles. The largest absolute Gasteiger partial charge is 0.471 e. The molecule has 0 aromatic carbocycles. The minimum atomic E-state index is -4.83. The SMILES string of the molecule is CN1CCN(C(=O)C2CCN(C(=O)C(F)(F)F)CC2)CC1. The quantitative estimate of drug-likeness (QED) is 0.711. The van der Waals surface area contributed by atoms with Crippen LogP contribution in [0, 0.1) is 5.92 Å². The smallest absolute Gasteiger partial charge is 0.340 e. The van der Waals surface area contributed by atoms with Gasteiger partial charge in [-0.2, -0.15) is 13.2 Å². The number of hydrogen-bond acceptors (Lipinski definition) is 3. The van der Waals surface area contributed by atoms with Crippen LogP contribution in [-0.4, -0.2) is 79.0 Å². The highest BCUT2D eigenvalue weighted by Gasteiger charge is 2.44. The number of rotatable bonds is 1. The zero-order valence-electron chi connectivity index (χ0n) is 12.0. The van der Waals surface area contributed by atoms with E-state index in [9.17, 15) is 22.8 Å². The van der Waals surface area contributed by atoms with Crippen molar-refractivity contribution in [2.24, 2.45) is 5.92 Å². The molecule has 2 rings (SSSR count). The zero-order valence-corrected chi connectivity index (χ0v) is 12.0. The molecule has 2 heterocycles. The van der Waals surface area contributed by atoms with Gasteiger partial charge >= 0.3 is 12.1 Å². The molecule has 8 heteroatoms. The van der Waals surface area contributed by atoms with Gasteiger partial charge in [-0.1, -0.05) is 0 Å². The topological polar surface area (TPSA) is 43.9 Å². The number of carbonyl (C=O) groups excluding carboxylic acids is 2. The number of piperidine rings is 1. The Morgan fingerprint density at radius 1 is 0.905 bits per heavy atom. The summed E-state index contributed by atoms with van der Waals surface area (Å²) in [4.78, 5) is 28.2. The molecule has 2 aliphatic rings. The molecule has 0 bridgehead atoms. The lowest BCUT2D eigenvalue weighted by Crippen LogP contribution is -2.52. The van der Waals surface area contributed by atoms with E-state index in [2.05, 4.69) is 4.90 Å². The van der Waals surface area contributed by atoms with Crippen LogP contribution in [-0.2, 0) is 9.59 Å². The van der Waals surface area contributed by atoms with Gasteiger partial charge < -0.3 is 14.7 Å². The summed E-state index contributed by atoms with van der Waals surface area (Å²) in [5.74, 6) is -2.04. The van der Waals surface area contributed by atoms with Crippen LogP contribution in [0.5, 0.6) is 0 Å². The van der Waals surface area contributed by atoms with Gasteiger partial charge in [-0.15, -0.1) is 0 Å². The van der Waals surface area contributed by atoms with E-state index in [1.54, 1.807) is 4.90 Å². The van der Waals surface area contributed by atoms with Crippen LogP contribution >= 0.6 is 0 Å². The zero-order chi connectivity index (χ0) is 15.6. The molecule has 21 heavy (non-hydrogen) atoms. The van der Waals surface area contributed by atoms with Gasteiger partial charge in [-0.05, 0) is 19.9 Å². The van der Waals surface area contributed by atoms with Gasteiger partial charge in [-0.3, -0.25) is 9.59 Å². The Bertz CT molecular complexity index is 398. The lowest BCUT2D eigenvalue weighted by Gasteiger charge is -2.37. The fourth-order valence-electron chi connectivity index (χ4n) is 2.79. The van der Waals surface area contributed by atoms with E-state index in [0.29, 0.717) is 25.9 Å². The third-order valence-electron chi connectivity index (χ3n) is 4.19. The van der Waals surface area contributed by atoms with Crippen LogP contribution in [0.15, 0.2) is 0 Å². The molecule has 0 atom stereocenters. The average Bonchev–Trinajstić information content (AvgIpc) is 2.46. The molecule has 0 aromatic rings. The van der Waals surface area contributed by atoms with Crippen molar-refractivity contribution in [3.63, 3.8) is 0 Å². The number of halogens is 3. The first-order chi connectivity index (χ1) is 9.79. The Morgan fingerprint density at radius 3 is 1.90 bits per heavy atom. The number of carbonyl (C=O) groups is 2. The van der Waals surface area contributed by atoms with Crippen LogP contribution in [0.2, 0.25) is 0 Å². The van der Waals surface area contributed by atoms with Gasteiger partial charge in [0.15, 0.2) is 0 Å². The summed E-state index contributed by atoms with van der Waals surface area (Å²) in [6.45, 7) is 2.97. The van der Waals surface area contributed by atoms with E-state index in [1.165, 1.54) is 0 Å². The summed E-state index contributed by atoms with van der Waals surface area (Å²) >= 11 is 0. The second-order valence-electron chi connectivity index (χ2n) is 5.69.